The summed E-state index contributed by atoms with van der Waals surface area (Å²) >= 11 is 1.64. The lowest BCUT2D eigenvalue weighted by atomic mass is 10.0. The smallest absolute Gasteiger partial charge is 0.191 e. The van der Waals surface area contributed by atoms with E-state index in [1.54, 1.807) is 18.4 Å². The Labute approximate surface area is 146 Å². The molecule has 1 aromatic heterocycles. The van der Waals surface area contributed by atoms with Crippen LogP contribution in [0.4, 0.5) is 5.13 Å². The number of anilines is 1. The first-order valence-corrected chi connectivity index (χ1v) is 8.86. The van der Waals surface area contributed by atoms with E-state index in [1.165, 1.54) is 5.56 Å². The van der Waals surface area contributed by atoms with Crippen LogP contribution in [0.15, 0.2) is 34.6 Å². The number of aliphatic imine (C=N–C) groups is 1. The monoisotopic (exact) mass is 345 g/mol. The van der Waals surface area contributed by atoms with E-state index in [-0.39, 0.29) is 6.04 Å². The van der Waals surface area contributed by atoms with Crippen LogP contribution >= 0.6 is 11.3 Å². The molecule has 0 aliphatic carbocycles. The van der Waals surface area contributed by atoms with Crippen LogP contribution in [0.2, 0.25) is 0 Å². The predicted octanol–water partition coefficient (Wildman–Crippen LogP) is 2.40. The third kappa shape index (κ3) is 3.79. The number of hydrogen-bond donors (Lipinski definition) is 2. The molecule has 0 saturated carbocycles. The molecular formula is C17H23N5OS. The average Bonchev–Trinajstić information content (AvgIpc) is 3.08. The van der Waals surface area contributed by atoms with Crippen molar-refractivity contribution < 1.29 is 4.74 Å². The number of aromatic nitrogens is 1. The lowest BCUT2D eigenvalue weighted by molar-refractivity contribution is 0.261. The second-order valence-corrected chi connectivity index (χ2v) is 6.65. The Morgan fingerprint density at radius 3 is 3.00 bits per heavy atom. The van der Waals surface area contributed by atoms with Crippen molar-refractivity contribution in [2.45, 2.75) is 19.0 Å². The summed E-state index contributed by atoms with van der Waals surface area (Å²) in [6, 6.07) is 8.35. The summed E-state index contributed by atoms with van der Waals surface area (Å²) < 4.78 is 5.71. The lowest BCUT2D eigenvalue weighted by Crippen LogP contribution is -2.40. The van der Waals surface area contributed by atoms with Crippen molar-refractivity contribution in [2.75, 3.05) is 32.6 Å². The Kier molecular flexibility index (Phi) is 5.20. The van der Waals surface area contributed by atoms with Crippen LogP contribution in [-0.2, 0) is 6.54 Å². The normalized spacial score (nSPS) is 17.0. The van der Waals surface area contributed by atoms with E-state index in [0.717, 1.165) is 29.0 Å². The maximum atomic E-state index is 5.71. The molecule has 24 heavy (non-hydrogen) atoms. The van der Waals surface area contributed by atoms with Crippen LogP contribution in [0.5, 0.6) is 5.75 Å². The van der Waals surface area contributed by atoms with Crippen molar-refractivity contribution in [3.05, 3.63) is 40.9 Å². The van der Waals surface area contributed by atoms with Gasteiger partial charge in [-0.3, -0.25) is 4.99 Å². The van der Waals surface area contributed by atoms with Gasteiger partial charge >= 0.3 is 0 Å². The van der Waals surface area contributed by atoms with Crippen molar-refractivity contribution in [3.63, 3.8) is 0 Å². The Bertz CT molecular complexity index is 713. The summed E-state index contributed by atoms with van der Waals surface area (Å²) in [7, 11) is 5.78. The standard InChI is InChI=1S/C17H23N5OS/c1-18-16(19-10-12-11-24-17(20-12)22(2)3)21-14-8-9-23-15-7-5-4-6-13(14)15/h4-7,11,14H,8-10H2,1-3H3,(H2,18,19,21). The quantitative estimate of drug-likeness (QED) is 0.658. The molecule has 1 aliphatic rings. The molecule has 1 aromatic carbocycles. The zero-order valence-electron chi connectivity index (χ0n) is 14.2. The highest BCUT2D eigenvalue weighted by molar-refractivity contribution is 7.13. The SMILES string of the molecule is CN=C(NCc1csc(N(C)C)n1)NC1CCOc2ccccc21. The lowest BCUT2D eigenvalue weighted by Gasteiger charge is -2.28. The number of para-hydroxylation sites is 1. The van der Waals surface area contributed by atoms with E-state index < -0.39 is 0 Å². The predicted molar refractivity (Wildman–Crippen MR) is 99.1 cm³/mol. The highest BCUT2D eigenvalue weighted by Gasteiger charge is 2.21. The topological polar surface area (TPSA) is 61.8 Å². The van der Waals surface area contributed by atoms with Crippen LogP contribution < -0.4 is 20.3 Å². The molecule has 0 spiro atoms. The molecule has 0 bridgehead atoms. The van der Waals surface area contributed by atoms with Gasteiger partial charge < -0.3 is 20.3 Å². The fourth-order valence-corrected chi connectivity index (χ4v) is 3.37. The van der Waals surface area contributed by atoms with E-state index in [2.05, 4.69) is 32.1 Å². The van der Waals surface area contributed by atoms with Crippen LogP contribution in [0.3, 0.4) is 0 Å². The van der Waals surface area contributed by atoms with Gasteiger partial charge in [0.25, 0.3) is 0 Å². The van der Waals surface area contributed by atoms with Gasteiger partial charge in [-0.05, 0) is 6.07 Å². The number of benzene rings is 1. The molecule has 2 heterocycles. The van der Waals surface area contributed by atoms with E-state index in [9.17, 15) is 0 Å². The van der Waals surface area contributed by atoms with Gasteiger partial charge in [-0.1, -0.05) is 18.2 Å². The number of ether oxygens (including phenoxy) is 1. The average molecular weight is 345 g/mol. The van der Waals surface area contributed by atoms with Crippen LogP contribution in [0, 0.1) is 0 Å². The molecule has 1 atom stereocenters. The Morgan fingerprint density at radius 1 is 1.42 bits per heavy atom. The summed E-state index contributed by atoms with van der Waals surface area (Å²) in [5.74, 6) is 1.72. The van der Waals surface area contributed by atoms with E-state index in [4.69, 9.17) is 4.74 Å². The summed E-state index contributed by atoms with van der Waals surface area (Å²) in [4.78, 5) is 10.9. The van der Waals surface area contributed by atoms with Crippen molar-refractivity contribution in [2.24, 2.45) is 4.99 Å². The van der Waals surface area contributed by atoms with E-state index in [1.807, 2.05) is 37.2 Å². The van der Waals surface area contributed by atoms with Crippen molar-refractivity contribution in [1.29, 1.82) is 0 Å². The number of rotatable bonds is 4. The van der Waals surface area contributed by atoms with Gasteiger partial charge in [0.15, 0.2) is 11.1 Å². The molecule has 2 N–H and O–H groups in total. The van der Waals surface area contributed by atoms with Crippen LogP contribution in [-0.4, -0.2) is 38.7 Å². The van der Waals surface area contributed by atoms with Crippen molar-refractivity contribution in [3.8, 4) is 5.75 Å². The molecule has 128 valence electrons. The molecule has 0 fully saturated rings. The van der Waals surface area contributed by atoms with Crippen molar-refractivity contribution >= 4 is 22.4 Å². The van der Waals surface area contributed by atoms with Gasteiger partial charge in [0.1, 0.15) is 5.75 Å². The van der Waals surface area contributed by atoms with Crippen LogP contribution in [0.25, 0.3) is 0 Å². The molecule has 2 aromatic rings. The molecule has 0 saturated heterocycles. The third-order valence-corrected chi connectivity index (χ3v) is 4.91. The second-order valence-electron chi connectivity index (χ2n) is 5.81. The Balaban J connectivity index is 1.61. The third-order valence-electron chi connectivity index (χ3n) is 3.85. The Morgan fingerprint density at radius 2 is 2.25 bits per heavy atom. The van der Waals surface area contributed by atoms with Gasteiger partial charge in [0.05, 0.1) is 24.9 Å². The van der Waals surface area contributed by atoms with Gasteiger partial charge in [-0.15, -0.1) is 11.3 Å². The molecular weight excluding hydrogens is 322 g/mol. The highest BCUT2D eigenvalue weighted by atomic mass is 32.1. The number of fused-ring (bicyclic) bond motifs is 1. The first-order chi connectivity index (χ1) is 11.7. The first kappa shape index (κ1) is 16.6. The number of nitrogens with zero attached hydrogens (tertiary/aromatic N) is 3. The van der Waals surface area contributed by atoms with Crippen molar-refractivity contribution in [1.82, 2.24) is 15.6 Å². The largest absolute Gasteiger partial charge is 0.493 e. The van der Waals surface area contributed by atoms with E-state index >= 15 is 0 Å². The molecule has 0 radical (unpaired) electrons. The summed E-state index contributed by atoms with van der Waals surface area (Å²) in [6.07, 6.45) is 0.916. The molecule has 7 heteroatoms. The van der Waals surface area contributed by atoms with Crippen LogP contribution in [0.1, 0.15) is 23.7 Å². The maximum Gasteiger partial charge on any atom is 0.191 e. The first-order valence-electron chi connectivity index (χ1n) is 7.98. The summed E-state index contributed by atoms with van der Waals surface area (Å²) in [5.41, 5.74) is 2.19. The zero-order chi connectivity index (χ0) is 16.9. The number of nitrogens with one attached hydrogen (secondary N) is 2. The molecule has 6 nitrogen and oxygen atoms in total. The summed E-state index contributed by atoms with van der Waals surface area (Å²) in [5, 5.41) is 9.90. The van der Waals surface area contributed by atoms with Gasteiger partial charge in [0, 0.05) is 38.5 Å². The maximum absolute atomic E-state index is 5.71. The molecule has 1 aliphatic heterocycles. The highest BCUT2D eigenvalue weighted by Crippen LogP contribution is 2.31. The molecule has 3 rings (SSSR count). The number of guanidine groups is 1. The second kappa shape index (κ2) is 7.53. The molecule has 0 amide bonds. The van der Waals surface area contributed by atoms with Gasteiger partial charge in [-0.25, -0.2) is 4.98 Å². The van der Waals surface area contributed by atoms with Gasteiger partial charge in [0.2, 0.25) is 0 Å². The zero-order valence-corrected chi connectivity index (χ0v) is 15.1. The fraction of sp³-hybridized carbons (Fsp3) is 0.412. The number of hydrogen-bond acceptors (Lipinski definition) is 5. The fourth-order valence-electron chi connectivity index (χ4n) is 2.61. The minimum atomic E-state index is 0.203. The molecule has 1 unspecified atom stereocenters. The van der Waals surface area contributed by atoms with Gasteiger partial charge in [-0.2, -0.15) is 0 Å². The number of thiazole rings is 1. The Hall–Kier alpha value is -2.28. The minimum Gasteiger partial charge on any atom is -0.493 e. The van der Waals surface area contributed by atoms with E-state index in [0.29, 0.717) is 13.2 Å². The minimum absolute atomic E-state index is 0.203. The summed E-state index contributed by atoms with van der Waals surface area (Å²) in [6.45, 7) is 1.36.